The van der Waals surface area contributed by atoms with Gasteiger partial charge in [0.1, 0.15) is 24.7 Å². The predicted octanol–water partition coefficient (Wildman–Crippen LogP) is 5.38. The van der Waals surface area contributed by atoms with Gasteiger partial charge in [-0.15, -0.1) is 0 Å². The highest BCUT2D eigenvalue weighted by Gasteiger charge is 2.22. The molecule has 0 fully saturated rings. The lowest BCUT2D eigenvalue weighted by molar-refractivity contribution is 0.0925. The monoisotopic (exact) mass is 403 g/mol. The third-order valence-electron chi connectivity index (χ3n) is 4.95. The molecule has 1 aliphatic rings. The van der Waals surface area contributed by atoms with E-state index in [0.717, 1.165) is 22.8 Å². The minimum absolute atomic E-state index is 0.151. The molecule has 5 heteroatoms. The number of carbonyl (C=O) groups excluding carboxylic acids is 1. The van der Waals surface area contributed by atoms with Crippen molar-refractivity contribution >= 4 is 5.91 Å². The molecule has 30 heavy (non-hydrogen) atoms. The lowest BCUT2D eigenvalue weighted by Crippen LogP contribution is -2.32. The molecule has 0 saturated heterocycles. The van der Waals surface area contributed by atoms with Crippen LogP contribution in [0.25, 0.3) is 0 Å². The number of carbonyl (C=O) groups is 1. The number of fused-ring (bicyclic) bond motifs is 1. The van der Waals surface area contributed by atoms with Crippen LogP contribution in [0.5, 0.6) is 23.0 Å². The van der Waals surface area contributed by atoms with E-state index in [1.807, 2.05) is 60.7 Å². The van der Waals surface area contributed by atoms with E-state index in [0.29, 0.717) is 24.5 Å². The molecule has 0 bridgehead atoms. The van der Waals surface area contributed by atoms with Crippen LogP contribution < -0.4 is 19.5 Å². The van der Waals surface area contributed by atoms with Crippen LogP contribution in [0.3, 0.4) is 0 Å². The molecule has 0 radical (unpaired) electrons. The predicted molar refractivity (Wildman–Crippen MR) is 115 cm³/mol. The Bertz CT molecular complexity index is 1020. The largest absolute Gasteiger partial charge is 0.486 e. The first-order chi connectivity index (χ1) is 14.6. The summed E-state index contributed by atoms with van der Waals surface area (Å²) in [6.07, 6.45) is 0. The van der Waals surface area contributed by atoms with Crippen molar-refractivity contribution in [2.75, 3.05) is 13.2 Å². The van der Waals surface area contributed by atoms with Gasteiger partial charge in [0.2, 0.25) is 0 Å². The topological polar surface area (TPSA) is 56.8 Å². The molecule has 1 atom stereocenters. The van der Waals surface area contributed by atoms with Gasteiger partial charge in [-0.2, -0.15) is 0 Å². The van der Waals surface area contributed by atoms with Gasteiger partial charge in [-0.05, 0) is 53.9 Å². The van der Waals surface area contributed by atoms with Crippen LogP contribution in [0.1, 0.15) is 35.8 Å². The van der Waals surface area contributed by atoms with Crippen LogP contribution in [0.4, 0.5) is 0 Å². The minimum Gasteiger partial charge on any atom is -0.486 e. The lowest BCUT2D eigenvalue weighted by Gasteiger charge is -2.25. The first kappa shape index (κ1) is 19.8. The van der Waals surface area contributed by atoms with Crippen LogP contribution in [-0.4, -0.2) is 19.1 Å². The fraction of sp³-hybridized carbons (Fsp3) is 0.240. The fourth-order valence-corrected chi connectivity index (χ4v) is 3.44. The number of amides is 1. The molecule has 1 heterocycles. The number of ether oxygens (including phenoxy) is 3. The van der Waals surface area contributed by atoms with Crippen LogP contribution in [0.15, 0.2) is 72.8 Å². The van der Waals surface area contributed by atoms with Gasteiger partial charge < -0.3 is 19.5 Å². The van der Waals surface area contributed by atoms with Crippen molar-refractivity contribution < 1.29 is 19.0 Å². The molecule has 1 aliphatic heterocycles. The van der Waals surface area contributed by atoms with E-state index in [1.54, 1.807) is 12.1 Å². The smallest absolute Gasteiger partial charge is 0.251 e. The van der Waals surface area contributed by atoms with Crippen molar-refractivity contribution in [3.05, 3.63) is 83.9 Å². The zero-order valence-electron chi connectivity index (χ0n) is 17.1. The van der Waals surface area contributed by atoms with Crippen molar-refractivity contribution in [1.82, 2.24) is 5.32 Å². The molecular formula is C25H25NO4. The van der Waals surface area contributed by atoms with Crippen molar-refractivity contribution in [2.24, 2.45) is 5.92 Å². The molecule has 1 N–H and O–H groups in total. The highest BCUT2D eigenvalue weighted by atomic mass is 16.6. The highest BCUT2D eigenvalue weighted by Crippen LogP contribution is 2.34. The van der Waals surface area contributed by atoms with Gasteiger partial charge in [-0.3, -0.25) is 4.79 Å². The second-order valence-electron chi connectivity index (χ2n) is 7.54. The molecule has 1 amide bonds. The number of benzene rings is 3. The molecule has 5 nitrogen and oxygen atoms in total. The van der Waals surface area contributed by atoms with E-state index >= 15 is 0 Å². The summed E-state index contributed by atoms with van der Waals surface area (Å²) < 4.78 is 17.2. The number of nitrogens with one attached hydrogen (secondary N) is 1. The Morgan fingerprint density at radius 3 is 2.37 bits per heavy atom. The molecule has 4 rings (SSSR count). The van der Waals surface area contributed by atoms with Gasteiger partial charge in [-0.25, -0.2) is 0 Å². The van der Waals surface area contributed by atoms with Gasteiger partial charge in [0.25, 0.3) is 5.91 Å². The van der Waals surface area contributed by atoms with Gasteiger partial charge in [0, 0.05) is 5.56 Å². The molecule has 3 aromatic rings. The maximum atomic E-state index is 13.0. The van der Waals surface area contributed by atoms with Gasteiger partial charge in [0.15, 0.2) is 11.5 Å². The summed E-state index contributed by atoms with van der Waals surface area (Å²) in [5, 5.41) is 3.16. The summed E-state index contributed by atoms with van der Waals surface area (Å²) >= 11 is 0. The van der Waals surface area contributed by atoms with Gasteiger partial charge in [-0.1, -0.05) is 44.2 Å². The summed E-state index contributed by atoms with van der Waals surface area (Å²) in [5.74, 6) is 2.85. The molecule has 0 aromatic heterocycles. The maximum absolute atomic E-state index is 13.0. The normalized spacial score (nSPS) is 13.6. The van der Waals surface area contributed by atoms with E-state index in [4.69, 9.17) is 14.2 Å². The van der Waals surface area contributed by atoms with E-state index in [-0.39, 0.29) is 17.9 Å². The van der Waals surface area contributed by atoms with Crippen molar-refractivity contribution in [2.45, 2.75) is 19.9 Å². The third-order valence-corrected chi connectivity index (χ3v) is 4.95. The van der Waals surface area contributed by atoms with Crippen LogP contribution >= 0.6 is 0 Å². The Kier molecular flexibility index (Phi) is 5.89. The zero-order chi connectivity index (χ0) is 20.9. The molecule has 0 saturated carbocycles. The Balaban J connectivity index is 1.52. The first-order valence-electron chi connectivity index (χ1n) is 10.1. The SMILES string of the molecule is CC(C)[C@@H](NC(=O)c1cccc(Oc2ccccc2)c1)c1ccc2c(c1)OCCO2. The van der Waals surface area contributed by atoms with E-state index < -0.39 is 0 Å². The van der Waals surface area contributed by atoms with Gasteiger partial charge >= 0.3 is 0 Å². The number of para-hydroxylation sites is 1. The Morgan fingerprint density at radius 1 is 0.867 bits per heavy atom. The molecule has 3 aromatic carbocycles. The Morgan fingerprint density at radius 2 is 1.60 bits per heavy atom. The molecule has 0 aliphatic carbocycles. The number of rotatable bonds is 6. The summed E-state index contributed by atoms with van der Waals surface area (Å²) in [7, 11) is 0. The van der Waals surface area contributed by atoms with Crippen LogP contribution in [-0.2, 0) is 0 Å². The third kappa shape index (κ3) is 4.57. The van der Waals surface area contributed by atoms with Crippen molar-refractivity contribution in [3.8, 4) is 23.0 Å². The van der Waals surface area contributed by atoms with Crippen molar-refractivity contribution in [1.29, 1.82) is 0 Å². The van der Waals surface area contributed by atoms with E-state index in [1.165, 1.54) is 0 Å². The zero-order valence-corrected chi connectivity index (χ0v) is 17.1. The average molecular weight is 403 g/mol. The quantitative estimate of drug-likeness (QED) is 0.601. The lowest BCUT2D eigenvalue weighted by atomic mass is 9.95. The average Bonchev–Trinajstić information content (AvgIpc) is 2.77. The second kappa shape index (κ2) is 8.91. The van der Waals surface area contributed by atoms with Crippen LogP contribution in [0, 0.1) is 5.92 Å². The van der Waals surface area contributed by atoms with Crippen LogP contribution in [0.2, 0.25) is 0 Å². The summed E-state index contributed by atoms with van der Waals surface area (Å²) in [6, 6.07) is 22.4. The second-order valence-corrected chi connectivity index (χ2v) is 7.54. The van der Waals surface area contributed by atoms with E-state index in [9.17, 15) is 4.79 Å². The molecule has 0 spiro atoms. The molecular weight excluding hydrogens is 378 g/mol. The van der Waals surface area contributed by atoms with E-state index in [2.05, 4.69) is 19.2 Å². The maximum Gasteiger partial charge on any atom is 0.251 e. The first-order valence-corrected chi connectivity index (χ1v) is 10.1. The van der Waals surface area contributed by atoms with Gasteiger partial charge in [0.05, 0.1) is 6.04 Å². The molecule has 154 valence electrons. The summed E-state index contributed by atoms with van der Waals surface area (Å²) in [5.41, 5.74) is 1.53. The number of hydrogen-bond donors (Lipinski definition) is 1. The molecule has 0 unspecified atom stereocenters. The standard InChI is InChI=1S/C25H25NO4/c1-17(2)24(18-11-12-22-23(16-18)29-14-13-28-22)26-25(27)19-7-6-10-21(15-19)30-20-8-4-3-5-9-20/h3-12,15-17,24H,13-14H2,1-2H3,(H,26,27)/t24-/m1/s1. The fourth-order valence-electron chi connectivity index (χ4n) is 3.44. The number of hydrogen-bond acceptors (Lipinski definition) is 4. The van der Waals surface area contributed by atoms with Crippen molar-refractivity contribution in [3.63, 3.8) is 0 Å². The minimum atomic E-state index is -0.160. The summed E-state index contributed by atoms with van der Waals surface area (Å²) in [6.45, 7) is 5.24. The summed E-state index contributed by atoms with van der Waals surface area (Å²) in [4.78, 5) is 13.0. The Hall–Kier alpha value is -3.47. The highest BCUT2D eigenvalue weighted by molar-refractivity contribution is 5.94. The Labute approximate surface area is 176 Å².